The van der Waals surface area contributed by atoms with Crippen LogP contribution < -0.4 is 9.47 Å². The minimum absolute atomic E-state index is 0.448. The van der Waals surface area contributed by atoms with Crippen LogP contribution in [-0.2, 0) is 19.6 Å². The van der Waals surface area contributed by atoms with Gasteiger partial charge in [0.1, 0.15) is 23.9 Å². The first kappa shape index (κ1) is 21.7. The molecule has 0 atom stereocenters. The van der Waals surface area contributed by atoms with Gasteiger partial charge >= 0.3 is 0 Å². The molecule has 3 aromatic carbocycles. The number of benzene rings is 3. The van der Waals surface area contributed by atoms with Crippen LogP contribution in [0.2, 0.25) is 0 Å². The number of rotatable bonds is 11. The maximum Gasteiger partial charge on any atom is 0.147 e. The van der Waals surface area contributed by atoms with Gasteiger partial charge in [0.05, 0.1) is 17.6 Å². The fourth-order valence-electron chi connectivity index (χ4n) is 3.86. The predicted octanol–water partition coefficient (Wildman–Crippen LogP) is 6.51. The summed E-state index contributed by atoms with van der Waals surface area (Å²) in [5, 5.41) is 0. The van der Waals surface area contributed by atoms with E-state index in [2.05, 4.69) is 54.5 Å². The molecule has 164 valence electrons. The summed E-state index contributed by atoms with van der Waals surface area (Å²) < 4.78 is 14.4. The van der Waals surface area contributed by atoms with Crippen molar-refractivity contribution in [3.63, 3.8) is 0 Å². The van der Waals surface area contributed by atoms with Crippen molar-refractivity contribution in [3.8, 4) is 11.5 Å². The lowest BCUT2D eigenvalue weighted by atomic mass is 10.1. The minimum Gasteiger partial charge on any atom is -0.493 e. The summed E-state index contributed by atoms with van der Waals surface area (Å²) in [5.41, 5.74) is 4.52. The largest absolute Gasteiger partial charge is 0.493 e. The first-order chi connectivity index (χ1) is 15.7. The van der Waals surface area contributed by atoms with Gasteiger partial charge in [-0.05, 0) is 67.6 Å². The third kappa shape index (κ3) is 5.38. The molecule has 0 fully saturated rings. The SMILES string of the molecule is C=CCc1ccccc1OCCCCn1c(COc2cccc(C)c2)nc2ccccc21. The third-order valence-corrected chi connectivity index (χ3v) is 5.46. The second kappa shape index (κ2) is 10.7. The first-order valence-electron chi connectivity index (χ1n) is 11.2. The lowest BCUT2D eigenvalue weighted by Crippen LogP contribution is -2.09. The average molecular weight is 427 g/mol. The molecule has 4 rings (SSSR count). The maximum absolute atomic E-state index is 6.05. The Balaban J connectivity index is 1.38. The Hall–Kier alpha value is -3.53. The number of allylic oxidation sites excluding steroid dienone is 1. The van der Waals surface area contributed by atoms with Crippen LogP contribution in [0.15, 0.2) is 85.5 Å². The summed E-state index contributed by atoms with van der Waals surface area (Å²) >= 11 is 0. The molecule has 0 N–H and O–H groups in total. The molecule has 32 heavy (non-hydrogen) atoms. The zero-order chi connectivity index (χ0) is 22.2. The van der Waals surface area contributed by atoms with Gasteiger partial charge in [0.2, 0.25) is 0 Å². The Morgan fingerprint density at radius 3 is 2.66 bits per heavy atom. The Bertz CT molecular complexity index is 1180. The van der Waals surface area contributed by atoms with Crippen molar-refractivity contribution >= 4 is 11.0 Å². The molecule has 0 bridgehead atoms. The summed E-state index contributed by atoms with van der Waals surface area (Å²) in [6.07, 6.45) is 4.70. The number of hydrogen-bond acceptors (Lipinski definition) is 3. The molecule has 1 aromatic heterocycles. The van der Waals surface area contributed by atoms with Crippen LogP contribution in [0, 0.1) is 6.92 Å². The van der Waals surface area contributed by atoms with E-state index in [1.165, 1.54) is 11.1 Å². The summed E-state index contributed by atoms with van der Waals surface area (Å²) in [4.78, 5) is 4.83. The highest BCUT2D eigenvalue weighted by molar-refractivity contribution is 5.75. The van der Waals surface area contributed by atoms with Crippen molar-refractivity contribution in [2.75, 3.05) is 6.61 Å². The van der Waals surface area contributed by atoms with Gasteiger partial charge in [0.25, 0.3) is 0 Å². The molecule has 0 aliphatic carbocycles. The molecule has 0 saturated heterocycles. The number of hydrogen-bond donors (Lipinski definition) is 0. The van der Waals surface area contributed by atoms with E-state index in [0.717, 1.165) is 54.2 Å². The van der Waals surface area contributed by atoms with E-state index in [1.54, 1.807) is 0 Å². The Morgan fingerprint density at radius 2 is 1.78 bits per heavy atom. The van der Waals surface area contributed by atoms with E-state index in [1.807, 2.05) is 42.5 Å². The highest BCUT2D eigenvalue weighted by Gasteiger charge is 2.11. The van der Waals surface area contributed by atoms with Crippen molar-refractivity contribution in [1.29, 1.82) is 0 Å². The van der Waals surface area contributed by atoms with E-state index < -0.39 is 0 Å². The Morgan fingerprint density at radius 1 is 0.938 bits per heavy atom. The fraction of sp³-hybridized carbons (Fsp3) is 0.250. The number of ether oxygens (including phenoxy) is 2. The molecule has 0 amide bonds. The Kier molecular flexibility index (Phi) is 7.23. The smallest absolute Gasteiger partial charge is 0.147 e. The normalized spacial score (nSPS) is 10.9. The lowest BCUT2D eigenvalue weighted by Gasteiger charge is -2.12. The number of unbranched alkanes of at least 4 members (excludes halogenated alkanes) is 1. The highest BCUT2D eigenvalue weighted by atomic mass is 16.5. The van der Waals surface area contributed by atoms with E-state index in [-0.39, 0.29) is 0 Å². The molecule has 1 heterocycles. The molecule has 4 heteroatoms. The molecule has 0 aliphatic rings. The van der Waals surface area contributed by atoms with Crippen molar-refractivity contribution in [2.24, 2.45) is 0 Å². The van der Waals surface area contributed by atoms with E-state index >= 15 is 0 Å². The van der Waals surface area contributed by atoms with E-state index in [4.69, 9.17) is 14.5 Å². The van der Waals surface area contributed by atoms with Crippen molar-refractivity contribution in [2.45, 2.75) is 39.3 Å². The van der Waals surface area contributed by atoms with Crippen molar-refractivity contribution in [1.82, 2.24) is 9.55 Å². The predicted molar refractivity (Wildman–Crippen MR) is 130 cm³/mol. The number of imidazole rings is 1. The molecule has 0 spiro atoms. The van der Waals surface area contributed by atoms with Crippen LogP contribution in [0.3, 0.4) is 0 Å². The summed E-state index contributed by atoms with van der Waals surface area (Å²) in [5.74, 6) is 2.77. The standard InChI is InChI=1S/C28H30N2O2/c1-3-11-23-13-4-7-17-27(23)31-19-9-8-18-30-26-16-6-5-15-25(26)29-28(30)21-32-24-14-10-12-22(2)20-24/h3-7,10,12-17,20H,1,8-9,11,18-19,21H2,2H3. The van der Waals surface area contributed by atoms with E-state index in [0.29, 0.717) is 13.2 Å². The van der Waals surface area contributed by atoms with Crippen LogP contribution in [0.4, 0.5) is 0 Å². The van der Waals surface area contributed by atoms with Crippen molar-refractivity contribution in [3.05, 3.63) is 102 Å². The molecular formula is C28H30N2O2. The first-order valence-corrected chi connectivity index (χ1v) is 11.2. The monoisotopic (exact) mass is 426 g/mol. The number of para-hydroxylation sites is 3. The van der Waals surface area contributed by atoms with Crippen LogP contribution in [0.5, 0.6) is 11.5 Å². The van der Waals surface area contributed by atoms with Gasteiger partial charge in [-0.2, -0.15) is 0 Å². The number of aryl methyl sites for hydroxylation is 2. The van der Waals surface area contributed by atoms with Gasteiger partial charge in [-0.3, -0.25) is 0 Å². The zero-order valence-electron chi connectivity index (χ0n) is 18.7. The van der Waals surface area contributed by atoms with Crippen LogP contribution in [0.1, 0.15) is 29.8 Å². The maximum atomic E-state index is 6.05. The molecule has 0 unspecified atom stereocenters. The van der Waals surface area contributed by atoms with Gasteiger partial charge in [0.15, 0.2) is 0 Å². The van der Waals surface area contributed by atoms with Gasteiger partial charge < -0.3 is 14.0 Å². The van der Waals surface area contributed by atoms with Crippen LogP contribution in [-0.4, -0.2) is 16.2 Å². The quantitative estimate of drug-likeness (QED) is 0.203. The minimum atomic E-state index is 0.448. The summed E-state index contributed by atoms with van der Waals surface area (Å²) in [7, 11) is 0. The average Bonchev–Trinajstić information content (AvgIpc) is 3.16. The lowest BCUT2D eigenvalue weighted by molar-refractivity contribution is 0.284. The molecule has 0 radical (unpaired) electrons. The van der Waals surface area contributed by atoms with Crippen molar-refractivity contribution < 1.29 is 9.47 Å². The second-order valence-corrected chi connectivity index (χ2v) is 7.93. The van der Waals surface area contributed by atoms with Gasteiger partial charge in [-0.25, -0.2) is 4.98 Å². The number of aromatic nitrogens is 2. The fourth-order valence-corrected chi connectivity index (χ4v) is 3.86. The Labute approximate surface area is 190 Å². The topological polar surface area (TPSA) is 36.3 Å². The van der Waals surface area contributed by atoms with Gasteiger partial charge in [-0.15, -0.1) is 6.58 Å². The molecule has 4 nitrogen and oxygen atoms in total. The van der Waals surface area contributed by atoms with Crippen LogP contribution in [0.25, 0.3) is 11.0 Å². The molecular weight excluding hydrogens is 396 g/mol. The van der Waals surface area contributed by atoms with Gasteiger partial charge in [0, 0.05) is 6.54 Å². The van der Waals surface area contributed by atoms with Crippen LogP contribution >= 0.6 is 0 Å². The summed E-state index contributed by atoms with van der Waals surface area (Å²) in [6.45, 7) is 7.92. The van der Waals surface area contributed by atoms with E-state index in [9.17, 15) is 0 Å². The zero-order valence-corrected chi connectivity index (χ0v) is 18.7. The molecule has 4 aromatic rings. The highest BCUT2D eigenvalue weighted by Crippen LogP contribution is 2.21. The molecule has 0 aliphatic heterocycles. The summed E-state index contributed by atoms with van der Waals surface area (Å²) in [6, 6.07) is 24.6. The second-order valence-electron chi connectivity index (χ2n) is 7.93. The molecule has 0 saturated carbocycles. The number of fused-ring (bicyclic) bond motifs is 1. The third-order valence-electron chi connectivity index (χ3n) is 5.46. The number of nitrogens with zero attached hydrogens (tertiary/aromatic N) is 2. The van der Waals surface area contributed by atoms with Gasteiger partial charge in [-0.1, -0.05) is 48.5 Å².